The molecule has 1 aromatic carbocycles. The molecule has 1 heterocycles. The van der Waals surface area contributed by atoms with Gasteiger partial charge in [-0.25, -0.2) is 8.78 Å². The smallest absolute Gasteiger partial charge is 0.159 e. The molecule has 1 aromatic heterocycles. The second-order valence-electron chi connectivity index (χ2n) is 4.46. The third kappa shape index (κ3) is 3.84. The Kier molecular flexibility index (Phi) is 5.20. The van der Waals surface area contributed by atoms with Crippen molar-refractivity contribution >= 4 is 15.9 Å². The average Bonchev–Trinajstić information content (AvgIpc) is 2.43. The summed E-state index contributed by atoms with van der Waals surface area (Å²) in [7, 11) is 0. The van der Waals surface area contributed by atoms with Crippen LogP contribution >= 0.6 is 15.9 Å². The lowest BCUT2D eigenvalue weighted by Crippen LogP contribution is -2.24. The molecule has 0 spiro atoms. The van der Waals surface area contributed by atoms with Gasteiger partial charge in [-0.2, -0.15) is 0 Å². The second kappa shape index (κ2) is 6.90. The molecule has 0 aliphatic heterocycles. The molecule has 106 valence electrons. The van der Waals surface area contributed by atoms with Crippen LogP contribution in [-0.2, 0) is 6.42 Å². The van der Waals surface area contributed by atoms with Crippen LogP contribution in [0.2, 0.25) is 0 Å². The molecule has 1 unspecified atom stereocenters. The lowest BCUT2D eigenvalue weighted by Gasteiger charge is -2.17. The number of aromatic nitrogens is 1. The van der Waals surface area contributed by atoms with E-state index in [-0.39, 0.29) is 6.04 Å². The number of likely N-dealkylation sites (N-methyl/N-ethyl adjacent to an activating group) is 1. The van der Waals surface area contributed by atoms with Crippen molar-refractivity contribution in [3.8, 4) is 0 Å². The van der Waals surface area contributed by atoms with Crippen LogP contribution in [0.4, 0.5) is 8.78 Å². The Morgan fingerprint density at radius 1 is 1.20 bits per heavy atom. The van der Waals surface area contributed by atoms with E-state index in [1.807, 2.05) is 19.1 Å². The van der Waals surface area contributed by atoms with Gasteiger partial charge in [-0.05, 0) is 58.7 Å². The molecule has 20 heavy (non-hydrogen) atoms. The van der Waals surface area contributed by atoms with Gasteiger partial charge in [0.2, 0.25) is 0 Å². The van der Waals surface area contributed by atoms with Gasteiger partial charge in [-0.3, -0.25) is 4.98 Å². The summed E-state index contributed by atoms with van der Waals surface area (Å²) in [6.07, 6.45) is 2.28. The lowest BCUT2D eigenvalue weighted by atomic mass is 10.0. The van der Waals surface area contributed by atoms with Gasteiger partial charge in [0.1, 0.15) is 0 Å². The first-order valence-corrected chi connectivity index (χ1v) is 7.18. The summed E-state index contributed by atoms with van der Waals surface area (Å²) in [4.78, 5) is 4.36. The predicted molar refractivity (Wildman–Crippen MR) is 78.4 cm³/mol. The normalized spacial score (nSPS) is 12.4. The first kappa shape index (κ1) is 15.1. The molecule has 0 saturated heterocycles. The first-order chi connectivity index (χ1) is 9.60. The molecule has 2 rings (SSSR count). The molecule has 0 amide bonds. The zero-order valence-corrected chi connectivity index (χ0v) is 12.6. The highest BCUT2D eigenvalue weighted by molar-refractivity contribution is 9.10. The fourth-order valence-corrected chi connectivity index (χ4v) is 2.26. The molecule has 0 fully saturated rings. The van der Waals surface area contributed by atoms with E-state index in [0.29, 0.717) is 6.42 Å². The van der Waals surface area contributed by atoms with Crippen molar-refractivity contribution in [1.82, 2.24) is 10.3 Å². The number of hydrogen-bond donors (Lipinski definition) is 1. The maximum atomic E-state index is 13.3. The van der Waals surface area contributed by atoms with Gasteiger partial charge in [-0.1, -0.05) is 13.0 Å². The van der Waals surface area contributed by atoms with Gasteiger partial charge in [-0.15, -0.1) is 0 Å². The molecule has 0 aliphatic rings. The Labute approximate surface area is 125 Å². The van der Waals surface area contributed by atoms with Crippen LogP contribution in [0.5, 0.6) is 0 Å². The van der Waals surface area contributed by atoms with Crippen molar-refractivity contribution in [2.75, 3.05) is 6.54 Å². The zero-order valence-electron chi connectivity index (χ0n) is 11.0. The van der Waals surface area contributed by atoms with Crippen molar-refractivity contribution in [1.29, 1.82) is 0 Å². The first-order valence-electron chi connectivity index (χ1n) is 6.39. The molecule has 1 N–H and O–H groups in total. The maximum Gasteiger partial charge on any atom is 0.159 e. The van der Waals surface area contributed by atoms with Gasteiger partial charge in [0.05, 0.1) is 11.7 Å². The predicted octanol–water partition coefficient (Wildman–Crippen LogP) is 4.02. The zero-order chi connectivity index (χ0) is 14.5. The van der Waals surface area contributed by atoms with E-state index in [4.69, 9.17) is 0 Å². The minimum absolute atomic E-state index is 0.0297. The van der Waals surface area contributed by atoms with Crippen LogP contribution in [-0.4, -0.2) is 11.5 Å². The van der Waals surface area contributed by atoms with Gasteiger partial charge in [0.25, 0.3) is 0 Å². The fourth-order valence-electron chi connectivity index (χ4n) is 2.02. The molecule has 2 nitrogen and oxygen atoms in total. The van der Waals surface area contributed by atoms with Crippen LogP contribution in [0.3, 0.4) is 0 Å². The van der Waals surface area contributed by atoms with E-state index in [9.17, 15) is 8.78 Å². The summed E-state index contributed by atoms with van der Waals surface area (Å²) in [5, 5.41) is 3.31. The van der Waals surface area contributed by atoms with Crippen LogP contribution in [0, 0.1) is 11.6 Å². The summed E-state index contributed by atoms with van der Waals surface area (Å²) in [5.74, 6) is -1.64. The van der Waals surface area contributed by atoms with Crippen molar-refractivity contribution in [3.05, 3.63) is 63.9 Å². The number of halogens is 3. The molecule has 0 saturated carbocycles. The molecular weight excluding hydrogens is 326 g/mol. The number of pyridine rings is 1. The van der Waals surface area contributed by atoms with Crippen LogP contribution < -0.4 is 5.32 Å². The minimum atomic E-state index is -0.824. The van der Waals surface area contributed by atoms with Gasteiger partial charge < -0.3 is 5.32 Å². The number of benzene rings is 1. The highest BCUT2D eigenvalue weighted by Crippen LogP contribution is 2.19. The number of rotatable bonds is 5. The van der Waals surface area contributed by atoms with E-state index < -0.39 is 11.6 Å². The topological polar surface area (TPSA) is 24.9 Å². The fraction of sp³-hybridized carbons (Fsp3) is 0.267. The summed E-state index contributed by atoms with van der Waals surface area (Å²) in [5.41, 5.74) is 1.61. The summed E-state index contributed by atoms with van der Waals surface area (Å²) < 4.78 is 27.1. The van der Waals surface area contributed by atoms with E-state index in [1.165, 1.54) is 6.07 Å². The summed E-state index contributed by atoms with van der Waals surface area (Å²) >= 11 is 3.34. The second-order valence-corrected chi connectivity index (χ2v) is 5.38. The van der Waals surface area contributed by atoms with Crippen molar-refractivity contribution in [2.45, 2.75) is 19.4 Å². The number of nitrogens with one attached hydrogen (secondary N) is 1. The highest BCUT2D eigenvalue weighted by atomic mass is 79.9. The van der Waals surface area contributed by atoms with Crippen molar-refractivity contribution < 1.29 is 8.78 Å². The van der Waals surface area contributed by atoms with Crippen LogP contribution in [0.15, 0.2) is 41.0 Å². The Morgan fingerprint density at radius 2 is 2.00 bits per heavy atom. The molecule has 0 aliphatic carbocycles. The third-order valence-corrected chi connectivity index (χ3v) is 3.45. The molecular formula is C15H15BrF2N2. The minimum Gasteiger partial charge on any atom is -0.309 e. The quantitative estimate of drug-likeness (QED) is 0.889. The average molecular weight is 341 g/mol. The van der Waals surface area contributed by atoms with Crippen molar-refractivity contribution in [2.24, 2.45) is 0 Å². The van der Waals surface area contributed by atoms with Crippen molar-refractivity contribution in [3.63, 3.8) is 0 Å². The standard InChI is InChI=1S/C15H15BrF2N2/c1-2-19-15(14-6-4-11(16)9-20-14)8-10-3-5-12(17)13(18)7-10/h3-7,9,15,19H,2,8H2,1H3. The Balaban J connectivity index is 2.20. The third-order valence-electron chi connectivity index (χ3n) is 2.98. The lowest BCUT2D eigenvalue weighted by molar-refractivity contribution is 0.501. The highest BCUT2D eigenvalue weighted by Gasteiger charge is 2.13. The Hall–Kier alpha value is -1.33. The van der Waals surface area contributed by atoms with E-state index in [0.717, 1.165) is 28.3 Å². The van der Waals surface area contributed by atoms with E-state index >= 15 is 0 Å². The van der Waals surface area contributed by atoms with Gasteiger partial charge in [0.15, 0.2) is 11.6 Å². The molecule has 2 aromatic rings. The number of nitrogens with zero attached hydrogens (tertiary/aromatic N) is 1. The van der Waals surface area contributed by atoms with Crippen LogP contribution in [0.1, 0.15) is 24.2 Å². The maximum absolute atomic E-state index is 13.3. The molecule has 0 radical (unpaired) electrons. The Morgan fingerprint density at radius 3 is 2.60 bits per heavy atom. The SMILES string of the molecule is CCNC(Cc1ccc(F)c(F)c1)c1ccc(Br)cn1. The van der Waals surface area contributed by atoms with Gasteiger partial charge in [0, 0.05) is 10.7 Å². The Bertz CT molecular complexity index is 573. The summed E-state index contributed by atoms with van der Waals surface area (Å²) in [6, 6.07) is 7.79. The van der Waals surface area contributed by atoms with Gasteiger partial charge >= 0.3 is 0 Å². The monoisotopic (exact) mass is 340 g/mol. The largest absolute Gasteiger partial charge is 0.309 e. The van der Waals surface area contributed by atoms with E-state index in [2.05, 4.69) is 26.2 Å². The molecule has 1 atom stereocenters. The van der Waals surface area contributed by atoms with E-state index in [1.54, 1.807) is 12.3 Å². The van der Waals surface area contributed by atoms with Crippen LogP contribution in [0.25, 0.3) is 0 Å². The number of hydrogen-bond acceptors (Lipinski definition) is 2. The molecule has 0 bridgehead atoms. The summed E-state index contributed by atoms with van der Waals surface area (Å²) in [6.45, 7) is 2.77. The molecule has 5 heteroatoms.